The van der Waals surface area contributed by atoms with Crippen molar-refractivity contribution in [3.8, 4) is 27.9 Å². The zero-order valence-electron chi connectivity index (χ0n) is 34.5. The Hall–Kier alpha value is -6.94. The van der Waals surface area contributed by atoms with Crippen molar-refractivity contribution in [2.75, 3.05) is 4.90 Å². The average Bonchev–Trinajstić information content (AvgIpc) is 3.93. The molecule has 10 aromatic rings. The molecule has 2 aliphatic rings. The summed E-state index contributed by atoms with van der Waals surface area (Å²) in [5.74, 6) is 0.633. The van der Waals surface area contributed by atoms with E-state index < -0.39 is 0 Å². The number of aromatic nitrogens is 1. The maximum Gasteiger partial charge on any atom is 0.0640 e. The van der Waals surface area contributed by atoms with Crippen LogP contribution in [0.15, 0.2) is 206 Å². The summed E-state index contributed by atoms with van der Waals surface area (Å²) in [4.78, 5) is 2.50. The third-order valence-electron chi connectivity index (χ3n) is 13.5. The molecule has 292 valence electrons. The molecule has 2 atom stereocenters. The van der Waals surface area contributed by atoms with Crippen LogP contribution in [-0.2, 0) is 5.41 Å². The van der Waals surface area contributed by atoms with Gasteiger partial charge in [0.25, 0.3) is 0 Å². The standard InChI is InChI=1S/C58H44N2S/c1-37-35-43(30-32-44(37)39-15-6-4-7-16-39)59(42-28-25-38(26-29-42)40-27-31-46-45-19-10-12-22-50(45)58(2,3)51(46)36-40)54-24-14-21-47-48-33-34-53-55(57(48)61-56(47)54)49-20-11-13-23-52(49)60(53)41-17-8-5-9-18-41/h4-37,44H,1-3H3. The number of allylic oxidation sites excluding steroid dienone is 3. The van der Waals surface area contributed by atoms with E-state index in [-0.39, 0.29) is 5.41 Å². The van der Waals surface area contributed by atoms with Crippen molar-refractivity contribution in [3.05, 3.63) is 223 Å². The fourth-order valence-electron chi connectivity index (χ4n) is 10.5. The summed E-state index contributed by atoms with van der Waals surface area (Å²) >= 11 is 1.93. The fourth-order valence-corrected chi connectivity index (χ4v) is 11.8. The minimum atomic E-state index is -0.0439. The van der Waals surface area contributed by atoms with Crippen molar-refractivity contribution < 1.29 is 0 Å². The molecular weight excluding hydrogens is 757 g/mol. The molecule has 0 aliphatic heterocycles. The van der Waals surface area contributed by atoms with Gasteiger partial charge in [-0.25, -0.2) is 0 Å². The van der Waals surface area contributed by atoms with Crippen LogP contribution in [0, 0.1) is 5.92 Å². The highest BCUT2D eigenvalue weighted by Crippen LogP contribution is 2.51. The molecule has 0 saturated heterocycles. The normalized spacial score (nSPS) is 16.6. The summed E-state index contributed by atoms with van der Waals surface area (Å²) in [5.41, 5.74) is 16.5. The molecular formula is C58H44N2S. The highest BCUT2D eigenvalue weighted by molar-refractivity contribution is 7.27. The predicted octanol–water partition coefficient (Wildman–Crippen LogP) is 16.1. The van der Waals surface area contributed by atoms with Crippen molar-refractivity contribution in [1.29, 1.82) is 0 Å². The van der Waals surface area contributed by atoms with Gasteiger partial charge in [0, 0.05) is 54.6 Å². The number of benzene rings is 8. The van der Waals surface area contributed by atoms with Gasteiger partial charge in [0.05, 0.1) is 21.4 Å². The largest absolute Gasteiger partial charge is 0.309 e. The summed E-state index contributed by atoms with van der Waals surface area (Å²) in [7, 11) is 0. The molecule has 2 unspecified atom stereocenters. The number of para-hydroxylation sites is 2. The smallest absolute Gasteiger partial charge is 0.0640 e. The maximum atomic E-state index is 2.50. The van der Waals surface area contributed by atoms with Gasteiger partial charge in [0.1, 0.15) is 0 Å². The Balaban J connectivity index is 1.02. The number of thiophene rings is 1. The second kappa shape index (κ2) is 13.8. The van der Waals surface area contributed by atoms with E-state index in [1.165, 1.54) is 98.0 Å². The van der Waals surface area contributed by atoms with Crippen molar-refractivity contribution in [1.82, 2.24) is 4.57 Å². The molecule has 0 bridgehead atoms. The topological polar surface area (TPSA) is 8.17 Å². The van der Waals surface area contributed by atoms with E-state index in [1.807, 2.05) is 11.3 Å². The Morgan fingerprint density at radius 1 is 0.557 bits per heavy atom. The first-order valence-electron chi connectivity index (χ1n) is 21.5. The third kappa shape index (κ3) is 5.54. The van der Waals surface area contributed by atoms with E-state index in [0.29, 0.717) is 11.8 Å². The Morgan fingerprint density at radius 2 is 1.25 bits per heavy atom. The number of hydrogen-bond acceptors (Lipinski definition) is 2. The molecule has 8 aromatic carbocycles. The fraction of sp³-hybridized carbons (Fsp3) is 0.103. The van der Waals surface area contributed by atoms with Gasteiger partial charge < -0.3 is 9.47 Å². The molecule has 0 fully saturated rings. The van der Waals surface area contributed by atoms with Crippen molar-refractivity contribution in [2.24, 2.45) is 5.92 Å². The van der Waals surface area contributed by atoms with E-state index in [1.54, 1.807) is 0 Å². The average molecular weight is 801 g/mol. The van der Waals surface area contributed by atoms with Crippen LogP contribution in [0.2, 0.25) is 0 Å². The quantitative estimate of drug-likeness (QED) is 0.163. The number of anilines is 2. The van der Waals surface area contributed by atoms with Gasteiger partial charge in [-0.2, -0.15) is 0 Å². The lowest BCUT2D eigenvalue weighted by Crippen LogP contribution is -2.20. The molecule has 12 rings (SSSR count). The molecule has 0 spiro atoms. The van der Waals surface area contributed by atoms with Gasteiger partial charge in [0.2, 0.25) is 0 Å². The predicted molar refractivity (Wildman–Crippen MR) is 261 cm³/mol. The van der Waals surface area contributed by atoms with E-state index in [4.69, 9.17) is 0 Å². The molecule has 2 aliphatic carbocycles. The Kier molecular flexibility index (Phi) is 8.14. The first-order valence-corrected chi connectivity index (χ1v) is 22.3. The van der Waals surface area contributed by atoms with Crippen LogP contribution in [0.1, 0.15) is 43.4 Å². The molecule has 0 N–H and O–H groups in total. The number of nitrogens with zero attached hydrogens (tertiary/aromatic N) is 2. The van der Waals surface area contributed by atoms with Crippen molar-refractivity contribution in [3.63, 3.8) is 0 Å². The zero-order chi connectivity index (χ0) is 40.8. The highest BCUT2D eigenvalue weighted by atomic mass is 32.1. The first-order chi connectivity index (χ1) is 29.9. The van der Waals surface area contributed by atoms with E-state index in [0.717, 1.165) is 5.69 Å². The second-order valence-corrected chi connectivity index (χ2v) is 18.4. The third-order valence-corrected chi connectivity index (χ3v) is 14.8. The van der Waals surface area contributed by atoms with Crippen LogP contribution < -0.4 is 4.90 Å². The van der Waals surface area contributed by atoms with Gasteiger partial charge >= 0.3 is 0 Å². The lowest BCUT2D eigenvalue weighted by molar-refractivity contribution is 0.628. The minimum absolute atomic E-state index is 0.0439. The minimum Gasteiger partial charge on any atom is -0.309 e. The van der Waals surface area contributed by atoms with Crippen LogP contribution in [0.4, 0.5) is 11.4 Å². The van der Waals surface area contributed by atoms with Crippen LogP contribution in [0.3, 0.4) is 0 Å². The van der Waals surface area contributed by atoms with Crippen LogP contribution in [-0.4, -0.2) is 4.57 Å². The summed E-state index contributed by atoms with van der Waals surface area (Å²) < 4.78 is 5.04. The van der Waals surface area contributed by atoms with Crippen molar-refractivity contribution >= 4 is 64.7 Å². The first kappa shape index (κ1) is 36.0. The SMILES string of the molecule is CC1C=C(N(c2ccc(-c3ccc4c(c3)C(C)(C)c3ccccc3-4)cc2)c2cccc3c2sc2c3ccc3c2c2ccccc2n3-c2ccccc2)C=CC1c1ccccc1. The van der Waals surface area contributed by atoms with Gasteiger partial charge in [-0.05, 0) is 99.5 Å². The van der Waals surface area contributed by atoms with Gasteiger partial charge in [-0.1, -0.05) is 166 Å². The Labute approximate surface area is 361 Å². The number of fused-ring (bicyclic) bond motifs is 10. The number of hydrogen-bond donors (Lipinski definition) is 0. The van der Waals surface area contributed by atoms with Gasteiger partial charge in [-0.3, -0.25) is 0 Å². The molecule has 0 saturated carbocycles. The van der Waals surface area contributed by atoms with Crippen LogP contribution in [0.5, 0.6) is 0 Å². The molecule has 0 radical (unpaired) electrons. The van der Waals surface area contributed by atoms with E-state index >= 15 is 0 Å². The molecule has 3 heteroatoms. The monoisotopic (exact) mass is 800 g/mol. The summed E-state index contributed by atoms with van der Waals surface area (Å²) in [6.45, 7) is 7.07. The Bertz CT molecular complexity index is 3400. The molecule has 2 aromatic heterocycles. The summed E-state index contributed by atoms with van der Waals surface area (Å²) in [6.07, 6.45) is 7.24. The highest BCUT2D eigenvalue weighted by Gasteiger charge is 2.35. The van der Waals surface area contributed by atoms with Crippen molar-refractivity contribution in [2.45, 2.75) is 32.1 Å². The van der Waals surface area contributed by atoms with Crippen LogP contribution >= 0.6 is 11.3 Å². The molecule has 0 amide bonds. The maximum absolute atomic E-state index is 2.50. The zero-order valence-corrected chi connectivity index (χ0v) is 35.3. The number of rotatable bonds is 6. The molecule has 2 nitrogen and oxygen atoms in total. The van der Waals surface area contributed by atoms with Crippen LogP contribution in [0.25, 0.3) is 69.9 Å². The Morgan fingerprint density at radius 3 is 2.07 bits per heavy atom. The van der Waals surface area contributed by atoms with E-state index in [9.17, 15) is 0 Å². The lowest BCUT2D eigenvalue weighted by Gasteiger charge is -2.32. The summed E-state index contributed by atoms with van der Waals surface area (Å²) in [6, 6.07) is 67.3. The van der Waals surface area contributed by atoms with Gasteiger partial charge in [0.15, 0.2) is 0 Å². The summed E-state index contributed by atoms with van der Waals surface area (Å²) in [5, 5.41) is 5.18. The van der Waals surface area contributed by atoms with Gasteiger partial charge in [-0.15, -0.1) is 11.3 Å². The lowest BCUT2D eigenvalue weighted by atomic mass is 9.81. The molecule has 61 heavy (non-hydrogen) atoms. The second-order valence-electron chi connectivity index (χ2n) is 17.3. The van der Waals surface area contributed by atoms with E-state index in [2.05, 4.69) is 230 Å². The molecule has 2 heterocycles.